The second-order valence-corrected chi connectivity index (χ2v) is 8.75. The molecule has 2 amide bonds. The van der Waals surface area contributed by atoms with Crippen molar-refractivity contribution in [1.29, 1.82) is 0 Å². The Bertz CT molecular complexity index is 685. The number of primary amides is 1. The van der Waals surface area contributed by atoms with E-state index in [-0.39, 0.29) is 18.9 Å². The van der Waals surface area contributed by atoms with Gasteiger partial charge in [-0.15, -0.1) is 0 Å². The molecule has 1 aromatic carbocycles. The van der Waals surface area contributed by atoms with Gasteiger partial charge in [-0.1, -0.05) is 13.8 Å². The highest BCUT2D eigenvalue weighted by Gasteiger charge is 2.26. The van der Waals surface area contributed by atoms with Gasteiger partial charge in [-0.3, -0.25) is 9.69 Å². The SMILES string of the molecule is CC(C)CN(C[C@H](Cc1cc(F)cc(F)c1)NC(=O)OC(C)(C)C)[C@@H](C)C(N)=O. The van der Waals surface area contributed by atoms with Gasteiger partial charge in [0.1, 0.15) is 17.2 Å². The zero-order valence-corrected chi connectivity index (χ0v) is 18.1. The van der Waals surface area contributed by atoms with Crippen LogP contribution in [0.15, 0.2) is 18.2 Å². The summed E-state index contributed by atoms with van der Waals surface area (Å²) in [6.07, 6.45) is -0.482. The summed E-state index contributed by atoms with van der Waals surface area (Å²) in [5, 5.41) is 2.76. The number of amides is 2. The van der Waals surface area contributed by atoms with Crippen LogP contribution in [-0.4, -0.2) is 47.7 Å². The van der Waals surface area contributed by atoms with Gasteiger partial charge in [-0.2, -0.15) is 0 Å². The highest BCUT2D eigenvalue weighted by molar-refractivity contribution is 5.79. The van der Waals surface area contributed by atoms with E-state index >= 15 is 0 Å². The van der Waals surface area contributed by atoms with Crippen molar-refractivity contribution in [3.63, 3.8) is 0 Å². The largest absolute Gasteiger partial charge is 0.444 e. The van der Waals surface area contributed by atoms with Gasteiger partial charge in [0.25, 0.3) is 0 Å². The fourth-order valence-electron chi connectivity index (χ4n) is 2.97. The van der Waals surface area contributed by atoms with Gasteiger partial charge in [0.05, 0.1) is 6.04 Å². The number of ether oxygens (including phenoxy) is 1. The molecule has 0 aliphatic rings. The van der Waals surface area contributed by atoms with E-state index in [1.54, 1.807) is 27.7 Å². The molecule has 1 aromatic rings. The Morgan fingerprint density at radius 3 is 2.10 bits per heavy atom. The average molecular weight is 414 g/mol. The maximum Gasteiger partial charge on any atom is 0.407 e. The number of nitrogens with two attached hydrogens (primary N) is 1. The zero-order valence-electron chi connectivity index (χ0n) is 18.1. The molecule has 0 saturated heterocycles. The van der Waals surface area contributed by atoms with Crippen LogP contribution in [0.4, 0.5) is 13.6 Å². The van der Waals surface area contributed by atoms with Crippen molar-refractivity contribution in [3.05, 3.63) is 35.4 Å². The summed E-state index contributed by atoms with van der Waals surface area (Å²) >= 11 is 0. The van der Waals surface area contributed by atoms with Crippen LogP contribution in [-0.2, 0) is 16.0 Å². The Morgan fingerprint density at radius 1 is 1.10 bits per heavy atom. The summed E-state index contributed by atoms with van der Waals surface area (Å²) in [4.78, 5) is 25.9. The summed E-state index contributed by atoms with van der Waals surface area (Å²) in [6.45, 7) is 11.7. The fraction of sp³-hybridized carbons (Fsp3) is 0.619. The van der Waals surface area contributed by atoms with E-state index in [2.05, 4.69) is 5.32 Å². The molecule has 8 heteroatoms. The van der Waals surface area contributed by atoms with E-state index in [4.69, 9.17) is 10.5 Å². The first kappa shape index (κ1) is 24.8. The third-order valence-electron chi connectivity index (χ3n) is 4.14. The average Bonchev–Trinajstić information content (AvgIpc) is 2.49. The van der Waals surface area contributed by atoms with Crippen molar-refractivity contribution in [2.45, 2.75) is 65.6 Å². The predicted octanol–water partition coefficient (Wildman–Crippen LogP) is 3.23. The Hall–Kier alpha value is -2.22. The molecule has 0 heterocycles. The fourth-order valence-corrected chi connectivity index (χ4v) is 2.97. The first-order valence-corrected chi connectivity index (χ1v) is 9.74. The molecule has 1 rings (SSSR count). The normalized spacial score (nSPS) is 14.0. The van der Waals surface area contributed by atoms with Crippen molar-refractivity contribution in [1.82, 2.24) is 10.2 Å². The van der Waals surface area contributed by atoms with Gasteiger partial charge in [0.2, 0.25) is 5.91 Å². The van der Waals surface area contributed by atoms with Gasteiger partial charge in [-0.05, 0) is 57.7 Å². The molecule has 0 unspecified atom stereocenters. The van der Waals surface area contributed by atoms with Gasteiger partial charge >= 0.3 is 6.09 Å². The Morgan fingerprint density at radius 2 is 1.66 bits per heavy atom. The molecule has 0 fully saturated rings. The minimum Gasteiger partial charge on any atom is -0.444 e. The maximum atomic E-state index is 13.6. The number of nitrogens with zero attached hydrogens (tertiary/aromatic N) is 1. The van der Waals surface area contributed by atoms with Crippen LogP contribution in [0.1, 0.15) is 47.1 Å². The Labute approximate surface area is 171 Å². The van der Waals surface area contributed by atoms with Crippen LogP contribution in [0.25, 0.3) is 0 Å². The first-order chi connectivity index (χ1) is 13.3. The number of hydrogen-bond acceptors (Lipinski definition) is 4. The topological polar surface area (TPSA) is 84.7 Å². The number of carbonyl (C=O) groups excluding carboxylic acids is 2. The van der Waals surface area contributed by atoms with Crippen molar-refractivity contribution in [2.24, 2.45) is 11.7 Å². The Kier molecular flexibility index (Phi) is 9.01. The molecule has 0 radical (unpaired) electrons. The molecule has 0 aromatic heterocycles. The highest BCUT2D eigenvalue weighted by Crippen LogP contribution is 2.14. The first-order valence-electron chi connectivity index (χ1n) is 9.74. The lowest BCUT2D eigenvalue weighted by molar-refractivity contribution is -0.122. The Balaban J connectivity index is 3.08. The molecular formula is C21H33F2N3O3. The zero-order chi connectivity index (χ0) is 22.4. The second-order valence-electron chi connectivity index (χ2n) is 8.75. The lowest BCUT2D eigenvalue weighted by atomic mass is 10.0. The molecule has 0 spiro atoms. The van der Waals surface area contributed by atoms with E-state index in [0.29, 0.717) is 12.1 Å². The third kappa shape index (κ3) is 9.69. The summed E-state index contributed by atoms with van der Waals surface area (Å²) in [5.41, 5.74) is 5.17. The van der Waals surface area contributed by atoms with Crippen LogP contribution in [0.2, 0.25) is 0 Å². The van der Waals surface area contributed by atoms with E-state index < -0.39 is 41.3 Å². The third-order valence-corrected chi connectivity index (χ3v) is 4.14. The second kappa shape index (κ2) is 10.5. The molecule has 6 nitrogen and oxygen atoms in total. The molecule has 0 saturated carbocycles. The number of halogens is 2. The molecule has 164 valence electrons. The van der Waals surface area contributed by atoms with E-state index in [9.17, 15) is 18.4 Å². The number of carbonyl (C=O) groups is 2. The molecule has 3 N–H and O–H groups in total. The van der Waals surface area contributed by atoms with Crippen LogP contribution < -0.4 is 11.1 Å². The van der Waals surface area contributed by atoms with Crippen LogP contribution >= 0.6 is 0 Å². The molecule has 0 aliphatic heterocycles. The maximum absolute atomic E-state index is 13.6. The van der Waals surface area contributed by atoms with Gasteiger partial charge in [0.15, 0.2) is 0 Å². The molecule has 0 aliphatic carbocycles. The standard InChI is InChI=1S/C21H33F2N3O3/c1-13(2)11-26(14(3)19(24)27)12-18(25-20(28)29-21(4,5)6)9-15-7-16(22)10-17(23)8-15/h7-8,10,13-14,18H,9,11-12H2,1-6H3,(H2,24,27)(H,25,28)/t14-,18-/m0/s1. The molecule has 2 atom stereocenters. The van der Waals surface area contributed by atoms with Gasteiger partial charge in [0, 0.05) is 25.2 Å². The molecular weight excluding hydrogens is 380 g/mol. The van der Waals surface area contributed by atoms with E-state index in [0.717, 1.165) is 6.07 Å². The number of nitrogens with one attached hydrogen (secondary N) is 1. The highest BCUT2D eigenvalue weighted by atomic mass is 19.1. The summed E-state index contributed by atoms with van der Waals surface area (Å²) in [7, 11) is 0. The van der Waals surface area contributed by atoms with Crippen molar-refractivity contribution in [3.8, 4) is 0 Å². The minimum atomic E-state index is -0.697. The molecule has 0 bridgehead atoms. The smallest absolute Gasteiger partial charge is 0.407 e. The summed E-state index contributed by atoms with van der Waals surface area (Å²) < 4.78 is 32.5. The van der Waals surface area contributed by atoms with Gasteiger partial charge < -0.3 is 15.8 Å². The number of alkyl carbamates (subject to hydrolysis) is 1. The lowest BCUT2D eigenvalue weighted by Gasteiger charge is -2.33. The molecule has 29 heavy (non-hydrogen) atoms. The predicted molar refractivity (Wildman–Crippen MR) is 108 cm³/mol. The monoisotopic (exact) mass is 413 g/mol. The number of benzene rings is 1. The van der Waals surface area contributed by atoms with Gasteiger partial charge in [-0.25, -0.2) is 13.6 Å². The lowest BCUT2D eigenvalue weighted by Crippen LogP contribution is -2.52. The van der Waals surface area contributed by atoms with Crippen LogP contribution in [0.5, 0.6) is 0 Å². The van der Waals surface area contributed by atoms with Crippen molar-refractivity contribution >= 4 is 12.0 Å². The van der Waals surface area contributed by atoms with Crippen molar-refractivity contribution < 1.29 is 23.1 Å². The number of rotatable bonds is 9. The van der Waals surface area contributed by atoms with Crippen LogP contribution in [0.3, 0.4) is 0 Å². The van der Waals surface area contributed by atoms with Crippen molar-refractivity contribution in [2.75, 3.05) is 13.1 Å². The number of hydrogen-bond donors (Lipinski definition) is 2. The quantitative estimate of drug-likeness (QED) is 0.651. The van der Waals surface area contributed by atoms with E-state index in [1.165, 1.54) is 12.1 Å². The van der Waals surface area contributed by atoms with E-state index in [1.807, 2.05) is 18.7 Å². The summed E-state index contributed by atoms with van der Waals surface area (Å²) in [5.74, 6) is -1.63. The minimum absolute atomic E-state index is 0.161. The van der Waals surface area contributed by atoms with Crippen LogP contribution in [0, 0.1) is 17.6 Å². The summed E-state index contributed by atoms with van der Waals surface area (Å²) in [6, 6.07) is 2.12.